The first-order valence-corrected chi connectivity index (χ1v) is 8.87. The van der Waals surface area contributed by atoms with Crippen LogP contribution in [0.15, 0.2) is 41.0 Å². The number of nitrogens with one attached hydrogen (secondary N) is 1. The Kier molecular flexibility index (Phi) is 7.12. The van der Waals surface area contributed by atoms with Crippen molar-refractivity contribution in [2.45, 2.75) is 44.1 Å². The van der Waals surface area contributed by atoms with Crippen LogP contribution in [0, 0.1) is 0 Å². The van der Waals surface area contributed by atoms with Crippen LogP contribution in [0.3, 0.4) is 0 Å². The Balaban J connectivity index is 0.00000243. The molecule has 0 radical (unpaired) electrons. The number of amides is 1. The Hall–Kier alpha value is -1.98. The maximum atomic E-state index is 12.5. The second-order valence-corrected chi connectivity index (χ2v) is 6.76. The smallest absolute Gasteiger partial charge is 0.254 e. The largest absolute Gasteiger partial charge is 0.497 e. The van der Waals surface area contributed by atoms with Gasteiger partial charge in [0.25, 0.3) is 5.91 Å². The molecule has 1 amide bonds. The minimum absolute atomic E-state index is 0. The number of furan rings is 1. The molecule has 0 atom stereocenters. The van der Waals surface area contributed by atoms with Crippen LogP contribution in [-0.4, -0.2) is 19.6 Å². The molecule has 6 heteroatoms. The summed E-state index contributed by atoms with van der Waals surface area (Å²) >= 11 is 0. The fraction of sp³-hybridized carbons (Fsp3) is 0.450. The third-order valence-electron chi connectivity index (χ3n) is 5.22. The van der Waals surface area contributed by atoms with Crippen LogP contribution < -0.4 is 15.8 Å². The van der Waals surface area contributed by atoms with E-state index < -0.39 is 0 Å². The second-order valence-electron chi connectivity index (χ2n) is 6.76. The number of hydrogen-bond donors (Lipinski definition) is 2. The average Bonchev–Trinajstić information content (AvgIpc) is 3.16. The van der Waals surface area contributed by atoms with Gasteiger partial charge in [0.1, 0.15) is 17.8 Å². The van der Waals surface area contributed by atoms with E-state index in [0.717, 1.165) is 18.6 Å². The van der Waals surface area contributed by atoms with E-state index in [9.17, 15) is 4.79 Å². The predicted molar refractivity (Wildman–Crippen MR) is 104 cm³/mol. The van der Waals surface area contributed by atoms with Crippen molar-refractivity contribution < 1.29 is 13.9 Å². The van der Waals surface area contributed by atoms with E-state index in [0.29, 0.717) is 24.4 Å². The van der Waals surface area contributed by atoms with Crippen molar-refractivity contribution in [3.8, 4) is 5.75 Å². The number of hydrogen-bond acceptors (Lipinski definition) is 4. The van der Waals surface area contributed by atoms with Crippen LogP contribution >= 0.6 is 12.4 Å². The zero-order valence-corrected chi connectivity index (χ0v) is 15.9. The van der Waals surface area contributed by atoms with Crippen LogP contribution in [-0.2, 0) is 12.0 Å². The molecule has 3 N–H and O–H groups in total. The quantitative estimate of drug-likeness (QED) is 0.801. The molecule has 0 saturated heterocycles. The van der Waals surface area contributed by atoms with Crippen LogP contribution in [0.4, 0.5) is 0 Å². The van der Waals surface area contributed by atoms with Crippen LogP contribution in [0.1, 0.15) is 53.8 Å². The normalized spacial score (nSPS) is 15.8. The molecular weight excluding hydrogens is 352 g/mol. The van der Waals surface area contributed by atoms with Gasteiger partial charge in [-0.2, -0.15) is 0 Å². The van der Waals surface area contributed by atoms with E-state index in [1.54, 1.807) is 13.2 Å². The minimum atomic E-state index is -0.109. The summed E-state index contributed by atoms with van der Waals surface area (Å²) in [6.45, 7) is 0.921. The van der Waals surface area contributed by atoms with Crippen LogP contribution in [0.2, 0.25) is 0 Å². The third kappa shape index (κ3) is 4.40. The number of methoxy groups -OCH3 is 1. The number of rotatable bonds is 6. The molecule has 0 bridgehead atoms. The Morgan fingerprint density at radius 2 is 1.92 bits per heavy atom. The highest BCUT2D eigenvalue weighted by atomic mass is 35.5. The molecule has 1 heterocycles. The van der Waals surface area contributed by atoms with Gasteiger partial charge in [0.2, 0.25) is 0 Å². The van der Waals surface area contributed by atoms with E-state index in [1.807, 2.05) is 12.1 Å². The van der Waals surface area contributed by atoms with Crippen molar-refractivity contribution in [2.75, 3.05) is 13.7 Å². The van der Waals surface area contributed by atoms with Crippen molar-refractivity contribution in [3.05, 3.63) is 53.5 Å². The fourth-order valence-corrected chi connectivity index (χ4v) is 3.70. The summed E-state index contributed by atoms with van der Waals surface area (Å²) in [4.78, 5) is 12.5. The molecule has 26 heavy (non-hydrogen) atoms. The molecule has 0 aliphatic heterocycles. The van der Waals surface area contributed by atoms with Gasteiger partial charge in [0.05, 0.1) is 19.2 Å². The van der Waals surface area contributed by atoms with Gasteiger partial charge in [-0.1, -0.05) is 31.4 Å². The molecule has 1 aliphatic carbocycles. The number of ether oxygens (including phenoxy) is 1. The molecule has 0 unspecified atom stereocenters. The molecule has 1 fully saturated rings. The maximum Gasteiger partial charge on any atom is 0.254 e. The van der Waals surface area contributed by atoms with Gasteiger partial charge in [-0.05, 0) is 36.6 Å². The summed E-state index contributed by atoms with van der Waals surface area (Å²) in [5.74, 6) is 1.36. The van der Waals surface area contributed by atoms with Gasteiger partial charge >= 0.3 is 0 Å². The van der Waals surface area contributed by atoms with Crippen LogP contribution in [0.25, 0.3) is 0 Å². The number of carbonyl (C=O) groups is 1. The van der Waals surface area contributed by atoms with Gasteiger partial charge in [0, 0.05) is 12.0 Å². The first kappa shape index (κ1) is 20.3. The highest BCUT2D eigenvalue weighted by molar-refractivity contribution is 5.94. The molecule has 1 saturated carbocycles. The number of benzene rings is 1. The summed E-state index contributed by atoms with van der Waals surface area (Å²) in [5.41, 5.74) is 7.32. The van der Waals surface area contributed by atoms with Crippen molar-refractivity contribution in [1.29, 1.82) is 0 Å². The maximum absolute atomic E-state index is 12.5. The summed E-state index contributed by atoms with van der Waals surface area (Å²) in [6, 6.07) is 9.95. The Bertz CT molecular complexity index is 706. The van der Waals surface area contributed by atoms with Crippen LogP contribution in [0.5, 0.6) is 5.75 Å². The molecule has 2 aromatic rings. The Morgan fingerprint density at radius 3 is 2.50 bits per heavy atom. The van der Waals surface area contributed by atoms with Gasteiger partial charge in [-0.15, -0.1) is 12.4 Å². The molecule has 5 nitrogen and oxygen atoms in total. The van der Waals surface area contributed by atoms with Crippen molar-refractivity contribution in [2.24, 2.45) is 5.73 Å². The monoisotopic (exact) mass is 378 g/mol. The highest BCUT2D eigenvalue weighted by Crippen LogP contribution is 2.39. The van der Waals surface area contributed by atoms with Gasteiger partial charge < -0.3 is 20.2 Å². The molecule has 1 aromatic heterocycles. The van der Waals surface area contributed by atoms with E-state index in [2.05, 4.69) is 17.4 Å². The standard InChI is InChI=1S/C20H26N2O3.ClH/c1-24-17-7-5-16(6-8-17)20(9-3-2-4-10-20)14-22-19(23)15-11-18(12-21)25-13-15;/h5-8,11,13H,2-4,9-10,12,14,21H2,1H3,(H,22,23);1H. The fourth-order valence-electron chi connectivity index (χ4n) is 3.70. The van der Waals surface area contributed by atoms with E-state index >= 15 is 0 Å². The summed E-state index contributed by atoms with van der Waals surface area (Å²) in [5, 5.41) is 3.10. The lowest BCUT2D eigenvalue weighted by Crippen LogP contribution is -2.42. The van der Waals surface area contributed by atoms with Crippen molar-refractivity contribution >= 4 is 18.3 Å². The van der Waals surface area contributed by atoms with Gasteiger partial charge in [-0.3, -0.25) is 4.79 Å². The first-order valence-electron chi connectivity index (χ1n) is 8.87. The molecule has 3 rings (SSSR count). The zero-order chi connectivity index (χ0) is 17.7. The number of halogens is 1. The summed E-state index contributed by atoms with van der Waals surface area (Å²) < 4.78 is 10.5. The first-order chi connectivity index (χ1) is 12.2. The van der Waals surface area contributed by atoms with Crippen molar-refractivity contribution in [1.82, 2.24) is 5.32 Å². The number of carbonyl (C=O) groups excluding carboxylic acids is 1. The Labute approximate surface area is 160 Å². The van der Waals surface area contributed by atoms with E-state index in [1.165, 1.54) is 31.1 Å². The third-order valence-corrected chi connectivity index (χ3v) is 5.22. The molecule has 0 spiro atoms. The zero-order valence-electron chi connectivity index (χ0n) is 15.1. The summed E-state index contributed by atoms with van der Waals surface area (Å²) in [7, 11) is 1.67. The van der Waals surface area contributed by atoms with Crippen molar-refractivity contribution in [3.63, 3.8) is 0 Å². The minimum Gasteiger partial charge on any atom is -0.497 e. The lowest BCUT2D eigenvalue weighted by molar-refractivity contribution is 0.0936. The lowest BCUT2D eigenvalue weighted by Gasteiger charge is -2.38. The number of nitrogens with two attached hydrogens (primary N) is 1. The molecular formula is C20H27ClN2O3. The molecule has 1 aliphatic rings. The highest BCUT2D eigenvalue weighted by Gasteiger charge is 2.34. The molecule has 142 valence electrons. The SMILES string of the molecule is COc1ccc(C2(CNC(=O)c3coc(CN)c3)CCCCC2)cc1.Cl. The van der Waals surface area contributed by atoms with E-state index in [4.69, 9.17) is 14.9 Å². The van der Waals surface area contributed by atoms with Gasteiger partial charge in [0.15, 0.2) is 0 Å². The predicted octanol–water partition coefficient (Wildman–Crippen LogP) is 3.80. The second kappa shape index (κ2) is 9.10. The van der Waals surface area contributed by atoms with E-state index in [-0.39, 0.29) is 23.7 Å². The molecule has 1 aromatic carbocycles. The Morgan fingerprint density at radius 1 is 1.23 bits per heavy atom. The lowest BCUT2D eigenvalue weighted by atomic mass is 9.69. The average molecular weight is 379 g/mol. The van der Waals surface area contributed by atoms with Gasteiger partial charge in [-0.25, -0.2) is 0 Å². The topological polar surface area (TPSA) is 77.5 Å². The summed E-state index contributed by atoms with van der Waals surface area (Å²) in [6.07, 6.45) is 7.26.